The molecule has 0 unspecified atom stereocenters. The molecule has 0 aromatic heterocycles. The normalized spacial score (nSPS) is 11.5. The summed E-state index contributed by atoms with van der Waals surface area (Å²) in [5.41, 5.74) is 3.42. The summed E-state index contributed by atoms with van der Waals surface area (Å²) < 4.78 is 0. The highest BCUT2D eigenvalue weighted by atomic mass is 35.5. The first kappa shape index (κ1) is 11.7. The van der Waals surface area contributed by atoms with Crippen LogP contribution in [0.5, 0.6) is 0 Å². The molecule has 3 heteroatoms. The fourth-order valence-electron chi connectivity index (χ4n) is 1.60. The van der Waals surface area contributed by atoms with Crippen LogP contribution >= 0.6 is 11.6 Å². The predicted molar refractivity (Wildman–Crippen MR) is 70.1 cm³/mol. The van der Waals surface area contributed by atoms with Crippen LogP contribution in [-0.2, 0) is 0 Å². The van der Waals surface area contributed by atoms with Crippen molar-refractivity contribution in [2.45, 2.75) is 6.92 Å². The van der Waals surface area contributed by atoms with Gasteiger partial charge in [-0.25, -0.2) is 0 Å². The Labute approximate surface area is 105 Å². The lowest BCUT2D eigenvalue weighted by Crippen LogP contribution is -2.02. The van der Waals surface area contributed by atoms with E-state index in [4.69, 9.17) is 16.8 Å². The smallest absolute Gasteiger partial charge is 0.117 e. The molecule has 86 valence electrons. The maximum atomic E-state index is 9.13. The van der Waals surface area contributed by atoms with Crippen LogP contribution in [0.3, 0.4) is 0 Å². The molecule has 0 spiro atoms. The second-order valence-electron chi connectivity index (χ2n) is 3.82. The number of benzene rings is 2. The van der Waals surface area contributed by atoms with Gasteiger partial charge in [0.15, 0.2) is 0 Å². The summed E-state index contributed by atoms with van der Waals surface area (Å²) in [6, 6.07) is 15.0. The molecule has 2 aromatic rings. The van der Waals surface area contributed by atoms with Gasteiger partial charge >= 0.3 is 0 Å². The van der Waals surface area contributed by atoms with E-state index in [0.717, 1.165) is 11.1 Å². The minimum absolute atomic E-state index is 0.543. The van der Waals surface area contributed by atoms with Crippen LogP contribution in [-0.4, -0.2) is 10.9 Å². The van der Waals surface area contributed by atoms with E-state index in [-0.39, 0.29) is 0 Å². The van der Waals surface area contributed by atoms with Gasteiger partial charge in [0.05, 0.1) is 0 Å². The zero-order valence-corrected chi connectivity index (χ0v) is 10.1. The molecule has 0 fully saturated rings. The SMILES string of the molecule is Cc1ccc(/C(=N\O)c2ccc(Cl)cc2)cc1. The average molecular weight is 246 g/mol. The van der Waals surface area contributed by atoms with E-state index >= 15 is 0 Å². The zero-order chi connectivity index (χ0) is 12.3. The summed E-state index contributed by atoms with van der Waals surface area (Å²) in [6.45, 7) is 2.02. The Morgan fingerprint density at radius 2 is 1.41 bits per heavy atom. The maximum Gasteiger partial charge on any atom is 0.117 e. The Kier molecular flexibility index (Phi) is 3.45. The van der Waals surface area contributed by atoms with Gasteiger partial charge in [-0.3, -0.25) is 0 Å². The molecule has 1 N–H and O–H groups in total. The number of oxime groups is 1. The summed E-state index contributed by atoms with van der Waals surface area (Å²) >= 11 is 5.82. The van der Waals surface area contributed by atoms with E-state index in [0.29, 0.717) is 10.7 Å². The Morgan fingerprint density at radius 3 is 1.88 bits per heavy atom. The molecule has 0 bridgehead atoms. The molecule has 0 radical (unpaired) electrons. The molecule has 17 heavy (non-hydrogen) atoms. The number of nitrogens with zero attached hydrogens (tertiary/aromatic N) is 1. The number of hydrogen-bond acceptors (Lipinski definition) is 2. The topological polar surface area (TPSA) is 32.6 Å². The third-order valence-electron chi connectivity index (χ3n) is 2.54. The Morgan fingerprint density at radius 1 is 0.941 bits per heavy atom. The van der Waals surface area contributed by atoms with Gasteiger partial charge in [-0.1, -0.05) is 58.7 Å². The molecule has 0 saturated carbocycles. The third kappa shape index (κ3) is 2.66. The first-order valence-corrected chi connectivity index (χ1v) is 5.63. The number of hydrogen-bond donors (Lipinski definition) is 1. The van der Waals surface area contributed by atoms with Crippen LogP contribution in [0.4, 0.5) is 0 Å². The zero-order valence-electron chi connectivity index (χ0n) is 9.39. The summed E-state index contributed by atoms with van der Waals surface area (Å²) in [6.07, 6.45) is 0. The fraction of sp³-hybridized carbons (Fsp3) is 0.0714. The summed E-state index contributed by atoms with van der Waals surface area (Å²) in [5.74, 6) is 0. The van der Waals surface area contributed by atoms with E-state index < -0.39 is 0 Å². The average Bonchev–Trinajstić information content (AvgIpc) is 2.35. The molecule has 0 atom stereocenters. The van der Waals surface area contributed by atoms with E-state index in [2.05, 4.69) is 5.16 Å². The van der Waals surface area contributed by atoms with Crippen molar-refractivity contribution in [2.75, 3.05) is 0 Å². The van der Waals surface area contributed by atoms with Crippen LogP contribution in [0.2, 0.25) is 5.02 Å². The van der Waals surface area contributed by atoms with Crippen molar-refractivity contribution in [3.05, 3.63) is 70.2 Å². The Bertz CT molecular complexity index is 482. The van der Waals surface area contributed by atoms with Crippen molar-refractivity contribution < 1.29 is 5.21 Å². The van der Waals surface area contributed by atoms with Crippen LogP contribution in [0.25, 0.3) is 0 Å². The summed E-state index contributed by atoms with van der Waals surface area (Å²) in [7, 11) is 0. The molecule has 0 heterocycles. The largest absolute Gasteiger partial charge is 0.410 e. The molecular formula is C14H12ClNO. The van der Waals surface area contributed by atoms with Gasteiger partial charge in [0, 0.05) is 16.1 Å². The lowest BCUT2D eigenvalue weighted by atomic mass is 10.0. The lowest BCUT2D eigenvalue weighted by Gasteiger charge is -2.05. The molecule has 0 aliphatic rings. The predicted octanol–water partition coefficient (Wildman–Crippen LogP) is 3.88. The minimum Gasteiger partial charge on any atom is -0.410 e. The lowest BCUT2D eigenvalue weighted by molar-refractivity contribution is 0.319. The monoisotopic (exact) mass is 245 g/mol. The highest BCUT2D eigenvalue weighted by Gasteiger charge is 2.07. The molecule has 2 nitrogen and oxygen atoms in total. The van der Waals surface area contributed by atoms with Crippen LogP contribution in [0.15, 0.2) is 53.7 Å². The summed E-state index contributed by atoms with van der Waals surface area (Å²) in [4.78, 5) is 0. The molecule has 0 amide bonds. The van der Waals surface area contributed by atoms with Gasteiger partial charge < -0.3 is 5.21 Å². The first-order valence-electron chi connectivity index (χ1n) is 5.26. The quantitative estimate of drug-likeness (QED) is 0.486. The van der Waals surface area contributed by atoms with Crippen LogP contribution in [0, 0.1) is 6.92 Å². The molecular weight excluding hydrogens is 234 g/mol. The van der Waals surface area contributed by atoms with E-state index in [1.54, 1.807) is 12.1 Å². The number of aryl methyl sites for hydroxylation is 1. The molecule has 0 aliphatic heterocycles. The Balaban J connectivity index is 2.41. The second kappa shape index (κ2) is 5.02. The molecule has 0 aliphatic carbocycles. The highest BCUT2D eigenvalue weighted by Crippen LogP contribution is 2.15. The minimum atomic E-state index is 0.543. The van der Waals surface area contributed by atoms with Gasteiger partial charge in [-0.15, -0.1) is 0 Å². The van der Waals surface area contributed by atoms with Crippen molar-refractivity contribution in [1.29, 1.82) is 0 Å². The third-order valence-corrected chi connectivity index (χ3v) is 2.79. The standard InChI is InChI=1S/C14H12ClNO/c1-10-2-4-11(5-3-10)14(16-17)12-6-8-13(15)9-7-12/h2-9,17H,1H3/b16-14+. The van der Waals surface area contributed by atoms with E-state index in [9.17, 15) is 0 Å². The van der Waals surface area contributed by atoms with Gasteiger partial charge in [-0.05, 0) is 19.1 Å². The van der Waals surface area contributed by atoms with Crippen molar-refractivity contribution in [3.8, 4) is 0 Å². The first-order chi connectivity index (χ1) is 8.20. The van der Waals surface area contributed by atoms with E-state index in [1.165, 1.54) is 5.56 Å². The van der Waals surface area contributed by atoms with Crippen molar-refractivity contribution in [3.63, 3.8) is 0 Å². The van der Waals surface area contributed by atoms with Crippen molar-refractivity contribution in [2.24, 2.45) is 5.16 Å². The second-order valence-corrected chi connectivity index (χ2v) is 4.26. The summed E-state index contributed by atoms with van der Waals surface area (Å²) in [5, 5.41) is 13.1. The highest BCUT2D eigenvalue weighted by molar-refractivity contribution is 6.30. The number of halogens is 1. The van der Waals surface area contributed by atoms with Gasteiger partial charge in [-0.2, -0.15) is 0 Å². The van der Waals surface area contributed by atoms with Gasteiger partial charge in [0.2, 0.25) is 0 Å². The molecule has 2 aromatic carbocycles. The van der Waals surface area contributed by atoms with Gasteiger partial charge in [0.25, 0.3) is 0 Å². The maximum absolute atomic E-state index is 9.13. The molecule has 2 rings (SSSR count). The van der Waals surface area contributed by atoms with Crippen molar-refractivity contribution >= 4 is 17.3 Å². The van der Waals surface area contributed by atoms with E-state index in [1.807, 2.05) is 43.3 Å². The Hall–Kier alpha value is -1.80. The van der Waals surface area contributed by atoms with Crippen LogP contribution in [0.1, 0.15) is 16.7 Å². The van der Waals surface area contributed by atoms with Crippen molar-refractivity contribution in [1.82, 2.24) is 0 Å². The molecule has 0 saturated heterocycles. The van der Waals surface area contributed by atoms with Gasteiger partial charge in [0.1, 0.15) is 5.71 Å². The fourth-order valence-corrected chi connectivity index (χ4v) is 1.73. The van der Waals surface area contributed by atoms with Crippen LogP contribution < -0.4 is 0 Å². The number of rotatable bonds is 2.